The molecule has 2 aromatic rings. The van der Waals surface area contributed by atoms with Gasteiger partial charge in [0.1, 0.15) is 0 Å². The third kappa shape index (κ3) is 3.04. The summed E-state index contributed by atoms with van der Waals surface area (Å²) in [5.41, 5.74) is 7.17. The molecule has 2 aromatic carbocycles. The molecule has 0 unspecified atom stereocenters. The zero-order valence-corrected chi connectivity index (χ0v) is 12.3. The van der Waals surface area contributed by atoms with Gasteiger partial charge in [-0.1, -0.05) is 43.3 Å². The Hall–Kier alpha value is -1.76. The van der Waals surface area contributed by atoms with Crippen molar-refractivity contribution in [3.8, 4) is 0 Å². The fraction of sp³-hybridized carbons (Fsp3) is 0.368. The Kier molecular flexibility index (Phi) is 4.05. The van der Waals surface area contributed by atoms with E-state index in [9.17, 15) is 0 Å². The molecule has 0 bridgehead atoms. The van der Waals surface area contributed by atoms with Crippen LogP contribution in [0.3, 0.4) is 0 Å². The van der Waals surface area contributed by atoms with Crippen LogP contribution in [0.5, 0.6) is 0 Å². The van der Waals surface area contributed by atoms with Gasteiger partial charge in [-0.3, -0.25) is 0 Å². The minimum absolute atomic E-state index is 1.12. The number of nitrogens with one attached hydrogen (secondary N) is 1. The lowest BCUT2D eigenvalue weighted by Gasteiger charge is -2.18. The predicted molar refractivity (Wildman–Crippen MR) is 86.5 cm³/mol. The van der Waals surface area contributed by atoms with E-state index >= 15 is 0 Å². The highest BCUT2D eigenvalue weighted by molar-refractivity contribution is 5.54. The van der Waals surface area contributed by atoms with E-state index in [1.807, 2.05) is 0 Å². The molecule has 1 aliphatic heterocycles. The predicted octanol–water partition coefficient (Wildman–Crippen LogP) is 4.39. The Labute approximate surface area is 122 Å². The van der Waals surface area contributed by atoms with Crippen LogP contribution in [0.1, 0.15) is 35.6 Å². The van der Waals surface area contributed by atoms with Gasteiger partial charge in [-0.05, 0) is 60.4 Å². The van der Waals surface area contributed by atoms with Gasteiger partial charge >= 0.3 is 0 Å². The summed E-state index contributed by atoms with van der Waals surface area (Å²) in [5, 5.41) is 3.48. The first-order chi connectivity index (χ1) is 9.85. The number of fused-ring (bicyclic) bond motifs is 1. The zero-order chi connectivity index (χ0) is 13.8. The molecule has 0 aliphatic carbocycles. The zero-order valence-electron chi connectivity index (χ0n) is 12.3. The molecule has 0 fully saturated rings. The molecule has 0 radical (unpaired) electrons. The van der Waals surface area contributed by atoms with E-state index in [1.54, 1.807) is 0 Å². The monoisotopic (exact) mass is 265 g/mol. The molecule has 20 heavy (non-hydrogen) atoms. The average Bonchev–Trinajstić information content (AvgIpc) is 2.53. The number of rotatable bonds is 4. The Morgan fingerprint density at radius 1 is 0.900 bits per heavy atom. The van der Waals surface area contributed by atoms with Crippen LogP contribution >= 0.6 is 0 Å². The van der Waals surface area contributed by atoms with Crippen LogP contribution in [-0.2, 0) is 25.7 Å². The smallest absolute Gasteiger partial charge is 0.0372 e. The summed E-state index contributed by atoms with van der Waals surface area (Å²) in [7, 11) is 0. The molecule has 104 valence electrons. The van der Waals surface area contributed by atoms with Gasteiger partial charge in [0.15, 0.2) is 0 Å². The Morgan fingerprint density at radius 2 is 1.60 bits per heavy atom. The van der Waals surface area contributed by atoms with E-state index < -0.39 is 0 Å². The first-order valence-corrected chi connectivity index (χ1v) is 7.78. The highest BCUT2D eigenvalue weighted by atomic mass is 14.9. The SMILES string of the molecule is CCc1ccc(CCc2ccc3c(c2)CCCN3)cc1. The largest absolute Gasteiger partial charge is 0.385 e. The maximum absolute atomic E-state index is 3.48. The van der Waals surface area contributed by atoms with Crippen molar-refractivity contribution in [3.05, 3.63) is 64.7 Å². The molecule has 0 atom stereocenters. The molecule has 1 heteroatoms. The van der Waals surface area contributed by atoms with Crippen LogP contribution in [0.25, 0.3) is 0 Å². The summed E-state index contributed by atoms with van der Waals surface area (Å²) in [4.78, 5) is 0. The van der Waals surface area contributed by atoms with Crippen molar-refractivity contribution in [3.63, 3.8) is 0 Å². The summed E-state index contributed by atoms with van der Waals surface area (Å²) in [6, 6.07) is 16.0. The first-order valence-electron chi connectivity index (χ1n) is 7.78. The van der Waals surface area contributed by atoms with Crippen molar-refractivity contribution >= 4 is 5.69 Å². The molecular formula is C19H23N. The van der Waals surface area contributed by atoms with Crippen LogP contribution in [0, 0.1) is 0 Å². The summed E-state index contributed by atoms with van der Waals surface area (Å²) in [5.74, 6) is 0. The quantitative estimate of drug-likeness (QED) is 0.864. The van der Waals surface area contributed by atoms with Gasteiger partial charge in [0, 0.05) is 12.2 Å². The highest BCUT2D eigenvalue weighted by Gasteiger charge is 2.08. The van der Waals surface area contributed by atoms with E-state index in [0.29, 0.717) is 0 Å². The summed E-state index contributed by atoms with van der Waals surface area (Å²) < 4.78 is 0. The molecule has 0 spiro atoms. The summed E-state index contributed by atoms with van der Waals surface area (Å²) in [6.07, 6.45) is 5.88. The molecule has 1 N–H and O–H groups in total. The van der Waals surface area contributed by atoms with Gasteiger partial charge in [-0.2, -0.15) is 0 Å². The molecule has 3 rings (SSSR count). The minimum atomic E-state index is 1.12. The van der Waals surface area contributed by atoms with Crippen LogP contribution in [0.15, 0.2) is 42.5 Å². The summed E-state index contributed by atoms with van der Waals surface area (Å²) in [6.45, 7) is 3.33. The number of aryl methyl sites for hydroxylation is 4. The van der Waals surface area contributed by atoms with E-state index in [0.717, 1.165) is 25.8 Å². The van der Waals surface area contributed by atoms with Crippen LogP contribution in [-0.4, -0.2) is 6.54 Å². The van der Waals surface area contributed by atoms with Crippen molar-refractivity contribution in [1.29, 1.82) is 0 Å². The van der Waals surface area contributed by atoms with E-state index in [4.69, 9.17) is 0 Å². The standard InChI is InChI=1S/C19H23N/c1-2-15-5-7-16(8-6-15)9-10-17-11-12-19-18(14-17)4-3-13-20-19/h5-8,11-12,14,20H,2-4,9-10,13H2,1H3. The fourth-order valence-corrected chi connectivity index (χ4v) is 2.91. The molecule has 0 saturated heterocycles. The third-order valence-electron chi connectivity index (χ3n) is 4.24. The maximum Gasteiger partial charge on any atom is 0.0372 e. The van der Waals surface area contributed by atoms with Crippen molar-refractivity contribution in [2.75, 3.05) is 11.9 Å². The number of hydrogen-bond donors (Lipinski definition) is 1. The normalized spacial score (nSPS) is 13.7. The Balaban J connectivity index is 1.65. The van der Waals surface area contributed by atoms with Crippen LogP contribution in [0.4, 0.5) is 5.69 Å². The minimum Gasteiger partial charge on any atom is -0.385 e. The van der Waals surface area contributed by atoms with Crippen molar-refractivity contribution in [2.24, 2.45) is 0 Å². The van der Waals surface area contributed by atoms with Gasteiger partial charge in [0.05, 0.1) is 0 Å². The number of hydrogen-bond acceptors (Lipinski definition) is 1. The van der Waals surface area contributed by atoms with Crippen molar-refractivity contribution in [2.45, 2.75) is 39.0 Å². The lowest BCUT2D eigenvalue weighted by Crippen LogP contribution is -2.11. The molecule has 0 saturated carbocycles. The molecule has 1 nitrogen and oxygen atoms in total. The lowest BCUT2D eigenvalue weighted by atomic mass is 9.97. The molecule has 1 heterocycles. The Bertz CT molecular complexity index is 569. The van der Waals surface area contributed by atoms with Gasteiger partial charge in [-0.25, -0.2) is 0 Å². The molecule has 0 aromatic heterocycles. The second kappa shape index (κ2) is 6.13. The molecule has 1 aliphatic rings. The number of anilines is 1. The summed E-state index contributed by atoms with van der Waals surface area (Å²) >= 11 is 0. The van der Waals surface area contributed by atoms with Gasteiger partial charge in [-0.15, -0.1) is 0 Å². The molecule has 0 amide bonds. The highest BCUT2D eigenvalue weighted by Crippen LogP contribution is 2.23. The second-order valence-corrected chi connectivity index (χ2v) is 5.69. The second-order valence-electron chi connectivity index (χ2n) is 5.69. The van der Waals surface area contributed by atoms with Crippen molar-refractivity contribution < 1.29 is 0 Å². The topological polar surface area (TPSA) is 12.0 Å². The molecular weight excluding hydrogens is 242 g/mol. The lowest BCUT2D eigenvalue weighted by molar-refractivity contribution is 0.825. The van der Waals surface area contributed by atoms with Crippen molar-refractivity contribution in [1.82, 2.24) is 0 Å². The van der Waals surface area contributed by atoms with Crippen LogP contribution < -0.4 is 5.32 Å². The number of benzene rings is 2. The third-order valence-corrected chi connectivity index (χ3v) is 4.24. The van der Waals surface area contributed by atoms with Gasteiger partial charge in [0.2, 0.25) is 0 Å². The first kappa shape index (κ1) is 13.2. The van der Waals surface area contributed by atoms with E-state index in [2.05, 4.69) is 54.7 Å². The van der Waals surface area contributed by atoms with E-state index in [-0.39, 0.29) is 0 Å². The average molecular weight is 265 g/mol. The maximum atomic E-state index is 3.48. The van der Waals surface area contributed by atoms with Gasteiger partial charge in [0.25, 0.3) is 0 Å². The van der Waals surface area contributed by atoms with Gasteiger partial charge < -0.3 is 5.32 Å². The van der Waals surface area contributed by atoms with Crippen LogP contribution in [0.2, 0.25) is 0 Å². The fourth-order valence-electron chi connectivity index (χ4n) is 2.91. The Morgan fingerprint density at radius 3 is 2.40 bits per heavy atom. The van der Waals surface area contributed by atoms with E-state index in [1.165, 1.54) is 40.8 Å².